The van der Waals surface area contributed by atoms with E-state index in [2.05, 4.69) is 273 Å². The number of aliphatic hydroxyl groups excluding tert-OH is 1. The minimum Gasteiger partial charge on any atom is -0.393 e. The van der Waals surface area contributed by atoms with Gasteiger partial charge in [0.15, 0.2) is 0 Å². The zero-order valence-corrected chi connectivity index (χ0v) is 78.3. The van der Waals surface area contributed by atoms with Crippen molar-refractivity contribution in [3.05, 3.63) is 102 Å². The molecule has 0 unspecified atom stereocenters. The minimum absolute atomic E-state index is 0.00732. The Hall–Kier alpha value is -8.67. The second-order valence-corrected chi connectivity index (χ2v) is 42.2. The number of hydrogen-bond acceptors (Lipinski definition) is 26. The van der Waals surface area contributed by atoms with Gasteiger partial charge < -0.3 is 71.6 Å². The molecule has 4 saturated carbocycles. The van der Waals surface area contributed by atoms with Crippen LogP contribution in [0.15, 0.2) is 61.7 Å². The monoisotopic (exact) mass is 1670 g/mol. The lowest BCUT2D eigenvalue weighted by Gasteiger charge is -2.41. The van der Waals surface area contributed by atoms with Crippen LogP contribution in [0.1, 0.15) is 262 Å². The van der Waals surface area contributed by atoms with Crippen molar-refractivity contribution in [3.8, 4) is 0 Å². The van der Waals surface area contributed by atoms with E-state index >= 15 is 0 Å². The first-order valence-electron chi connectivity index (χ1n) is 44.3. The molecule has 29 nitrogen and oxygen atoms in total. The van der Waals surface area contributed by atoms with Crippen molar-refractivity contribution in [2.45, 2.75) is 303 Å². The Labute approximate surface area is 723 Å². The van der Waals surface area contributed by atoms with Gasteiger partial charge in [0.1, 0.15) is 66.0 Å². The van der Waals surface area contributed by atoms with Crippen LogP contribution in [0, 0.1) is 17.8 Å². The molecule has 6 aromatic heterocycles. The molecule has 668 valence electrons. The Morgan fingerprint density at radius 2 is 0.727 bits per heavy atom. The van der Waals surface area contributed by atoms with Crippen molar-refractivity contribution in [2.24, 2.45) is 17.8 Å². The number of amides is 3. The van der Waals surface area contributed by atoms with E-state index in [1.54, 1.807) is 30.2 Å². The number of nitrogens with one attached hydrogen (secondary N) is 7. The predicted octanol–water partition coefficient (Wildman–Crippen LogP) is 13.0. The molecular weight excluding hydrogens is 1520 g/mol. The number of piperidine rings is 1. The number of aliphatic hydroxyl groups is 1. The fourth-order valence-corrected chi connectivity index (χ4v) is 14.2. The van der Waals surface area contributed by atoms with Gasteiger partial charge in [-0.3, -0.25) is 14.4 Å². The third-order valence-electron chi connectivity index (χ3n) is 23.0. The van der Waals surface area contributed by atoms with E-state index in [0.717, 1.165) is 217 Å². The number of nitrogens with zero attached hydrogens (tertiary/aromatic N) is 17. The van der Waals surface area contributed by atoms with Crippen molar-refractivity contribution in [2.75, 3.05) is 138 Å². The number of carbonyl (C=O) groups is 3. The zero-order valence-electron chi connectivity index (χ0n) is 78.3. The van der Waals surface area contributed by atoms with E-state index in [1.807, 2.05) is 50.3 Å². The van der Waals surface area contributed by atoms with Gasteiger partial charge in [-0.05, 0) is 91.1 Å². The summed E-state index contributed by atoms with van der Waals surface area (Å²) in [4.78, 5) is 99.5. The van der Waals surface area contributed by atoms with Gasteiger partial charge in [0, 0.05) is 190 Å². The quantitative estimate of drug-likeness (QED) is 0.0373. The van der Waals surface area contributed by atoms with Crippen LogP contribution < -0.4 is 42.1 Å². The van der Waals surface area contributed by atoms with Crippen LogP contribution in [0.2, 0.25) is 0 Å². The van der Waals surface area contributed by atoms with E-state index < -0.39 is 0 Å². The Morgan fingerprint density at radius 1 is 0.388 bits per heavy atom. The fourth-order valence-electron chi connectivity index (χ4n) is 14.2. The molecule has 4 aliphatic carbocycles. The van der Waals surface area contributed by atoms with Gasteiger partial charge >= 0.3 is 0 Å². The third kappa shape index (κ3) is 29.5. The number of likely N-dealkylation sites (N-methyl/N-ethyl adjacent to an activating group) is 2. The predicted molar refractivity (Wildman–Crippen MR) is 487 cm³/mol. The van der Waals surface area contributed by atoms with Gasteiger partial charge in [0.25, 0.3) is 0 Å². The third-order valence-corrected chi connectivity index (χ3v) is 23.0. The molecule has 6 aromatic rings. The average molecular weight is 1670 g/mol. The molecule has 10 heterocycles. The summed E-state index contributed by atoms with van der Waals surface area (Å²) < 4.78 is 5.23. The molecule has 4 aliphatic heterocycles. The molecule has 0 atom stereocenters. The van der Waals surface area contributed by atoms with Crippen LogP contribution in [0.4, 0.5) is 40.9 Å². The van der Waals surface area contributed by atoms with E-state index in [9.17, 15) is 19.5 Å². The van der Waals surface area contributed by atoms with Gasteiger partial charge in [0.05, 0.1) is 65.6 Å². The van der Waals surface area contributed by atoms with Crippen LogP contribution in [-0.2, 0) is 57.0 Å². The maximum Gasteiger partial charge on any atom is 0.227 e. The molecule has 0 spiro atoms. The van der Waals surface area contributed by atoms with E-state index in [1.165, 1.54) is 6.42 Å². The van der Waals surface area contributed by atoms with Crippen molar-refractivity contribution in [1.29, 1.82) is 0 Å². The highest BCUT2D eigenvalue weighted by molar-refractivity contribution is 5.81. The largest absolute Gasteiger partial charge is 0.393 e. The summed E-state index contributed by atoms with van der Waals surface area (Å²) in [7, 11) is 9.81. The number of likely N-dealkylation sites (tertiary alicyclic amines) is 2. The molecule has 8 aliphatic rings. The summed E-state index contributed by atoms with van der Waals surface area (Å²) in [6.45, 7) is 54.4. The van der Waals surface area contributed by atoms with Crippen molar-refractivity contribution in [3.63, 3.8) is 0 Å². The molecule has 0 radical (unpaired) electrons. The SMILES string of the molecule is CC(C)(C)c1cc(NC2CC(C(=O)N3CCC3)C2)ncn1.CC(C)(C)c1cc(NC2CC(C(=O)N3CCCCC3)C2)ncn1.CC(C)(C)c1cc(NC2CC(O)C2)ncn1.CC(C)(C)c1cc(NC2CNC2)nc(C(C)(C)C)n1.CN(C)C(=O)C1CC(Nc2cc(C(C)(C)C)ncn2)C1.CN(C)CCN(C)c1nc(NC2COC2)cc(C(C)(C)C)n1. The summed E-state index contributed by atoms with van der Waals surface area (Å²) in [6, 6.07) is 14.5. The lowest BCUT2D eigenvalue weighted by Crippen LogP contribution is -2.51. The number of hydrogen-bond donors (Lipinski definition) is 8. The van der Waals surface area contributed by atoms with Gasteiger partial charge in [0.2, 0.25) is 23.7 Å². The number of ether oxygens (including phenoxy) is 1. The Morgan fingerprint density at radius 3 is 1.04 bits per heavy atom. The molecular formula is C92H150N24O5. The molecule has 8 fully saturated rings. The maximum atomic E-state index is 12.4. The van der Waals surface area contributed by atoms with Crippen LogP contribution in [0.5, 0.6) is 0 Å². The minimum atomic E-state index is -0.138. The van der Waals surface area contributed by atoms with E-state index in [-0.39, 0.29) is 67.7 Å². The van der Waals surface area contributed by atoms with Gasteiger partial charge in [-0.25, -0.2) is 54.8 Å². The molecule has 4 saturated heterocycles. The molecule has 14 rings (SSSR count). The van der Waals surface area contributed by atoms with E-state index in [4.69, 9.17) is 14.7 Å². The van der Waals surface area contributed by atoms with Gasteiger partial charge in [-0.1, -0.05) is 145 Å². The summed E-state index contributed by atoms with van der Waals surface area (Å²) in [5, 5.41) is 33.0. The molecule has 8 N–H and O–H groups in total. The second-order valence-electron chi connectivity index (χ2n) is 42.2. The van der Waals surface area contributed by atoms with E-state index in [0.29, 0.717) is 48.1 Å². The number of carbonyl (C=O) groups excluding carboxylic acids is 3. The maximum absolute atomic E-state index is 12.4. The molecule has 0 aromatic carbocycles. The molecule has 0 bridgehead atoms. The van der Waals surface area contributed by atoms with Crippen LogP contribution in [-0.4, -0.2) is 245 Å². The normalized spacial score (nSPS) is 21.6. The van der Waals surface area contributed by atoms with Crippen molar-refractivity contribution < 1.29 is 24.2 Å². The molecule has 3 amide bonds. The Bertz CT molecular complexity index is 4250. The number of anilines is 7. The highest BCUT2D eigenvalue weighted by Crippen LogP contribution is 2.38. The lowest BCUT2D eigenvalue weighted by atomic mass is 9.79. The van der Waals surface area contributed by atoms with Gasteiger partial charge in [-0.15, -0.1) is 0 Å². The first-order chi connectivity index (χ1) is 56.5. The summed E-state index contributed by atoms with van der Waals surface area (Å²) in [5.74, 6) is 8.49. The smallest absolute Gasteiger partial charge is 0.227 e. The topological polar surface area (TPSA) is 336 Å². The van der Waals surface area contributed by atoms with Crippen LogP contribution in [0.3, 0.4) is 0 Å². The van der Waals surface area contributed by atoms with Gasteiger partial charge in [-0.2, -0.15) is 4.98 Å². The highest BCUT2D eigenvalue weighted by atomic mass is 16.5. The lowest BCUT2D eigenvalue weighted by molar-refractivity contribution is -0.142. The standard InChI is InChI=1S/C18H28N4O.C16H29N5O.C16H24N4O.C15H24N4O.C15H26N4.C12H19N3O/c1-18(2,3)15-11-16(20-12-19-15)21-14-9-13(10-14)17(23)22-7-5-4-6-8-22;1-16(2,3)13-9-14(17-12-10-22-11-12)19-15(18-13)21(6)8-7-20(4)5;1-16(2,3)13-9-14(18-10-17-13)19-12-7-11(8-12)15(21)20-5-4-6-20;1-15(2,3)12-8-13(17-9-16-12)18-11-6-10(7-11)14(20)19(4)5;1-14(2,3)11-7-12(17-10-8-16-9-10)19-13(18-11)15(4,5)6;1-12(2,3)10-6-11(14-7-13-10)15-8-4-9(16)5-8/h11-14H,4-10H2,1-3H3,(H,19,20,21);9,12H,7-8,10-11H2,1-6H3,(H,17,18,19);9-12H,4-8H2,1-3H3,(H,17,18,19);8-11H,6-7H2,1-5H3,(H,16,17,18);7,10,16H,8-9H2,1-6H3,(H,17,18,19);6-9,16H,4-5H2,1-3H3,(H,13,14,15). The first kappa shape index (κ1) is 96.2. The van der Waals surface area contributed by atoms with Crippen molar-refractivity contribution >= 4 is 58.6 Å². The summed E-state index contributed by atoms with van der Waals surface area (Å²) in [6.07, 6.45) is 18.1. The molecule has 29 heteroatoms. The first-order valence-corrected chi connectivity index (χ1v) is 44.3. The average Bonchev–Trinajstić information content (AvgIpc) is 0.833. The number of rotatable bonds is 19. The van der Waals surface area contributed by atoms with Crippen molar-refractivity contribution in [1.82, 2.24) is 84.7 Å². The van der Waals surface area contributed by atoms with Crippen LogP contribution >= 0.6 is 0 Å². The second kappa shape index (κ2) is 41.2. The fraction of sp³-hybridized carbons (Fsp3) is 0.707. The Kier molecular flexibility index (Phi) is 32.8. The number of aromatic nitrogens is 12. The highest BCUT2D eigenvalue weighted by Gasteiger charge is 2.41. The molecule has 121 heavy (non-hydrogen) atoms. The summed E-state index contributed by atoms with van der Waals surface area (Å²) >= 11 is 0. The zero-order chi connectivity index (χ0) is 88.7. The van der Waals surface area contributed by atoms with Crippen LogP contribution in [0.25, 0.3) is 0 Å². The Balaban J connectivity index is 0.000000166. The summed E-state index contributed by atoms with van der Waals surface area (Å²) in [5.41, 5.74) is 6.38.